The molecular weight excluding hydrogens is 252 g/mol. The van der Waals surface area contributed by atoms with Crippen LogP contribution in [0.3, 0.4) is 0 Å². The SMILES string of the molecule is O=C(CNC1(CO)CCC1)Nc1cccc(Cl)c1. The van der Waals surface area contributed by atoms with E-state index in [0.717, 1.165) is 19.3 Å². The summed E-state index contributed by atoms with van der Waals surface area (Å²) in [5.41, 5.74) is 0.437. The Morgan fingerprint density at radius 1 is 1.44 bits per heavy atom. The highest BCUT2D eigenvalue weighted by atomic mass is 35.5. The lowest BCUT2D eigenvalue weighted by molar-refractivity contribution is -0.116. The highest BCUT2D eigenvalue weighted by Crippen LogP contribution is 2.30. The van der Waals surface area contributed by atoms with Gasteiger partial charge in [-0.3, -0.25) is 4.79 Å². The molecule has 1 aromatic carbocycles. The molecule has 2 rings (SSSR count). The summed E-state index contributed by atoms with van der Waals surface area (Å²) in [6.45, 7) is 0.282. The van der Waals surface area contributed by atoms with Crippen molar-refractivity contribution in [3.8, 4) is 0 Å². The van der Waals surface area contributed by atoms with Crippen molar-refractivity contribution < 1.29 is 9.90 Å². The molecule has 98 valence electrons. The van der Waals surface area contributed by atoms with Crippen LogP contribution in [0.2, 0.25) is 5.02 Å². The molecule has 0 atom stereocenters. The molecule has 1 fully saturated rings. The van der Waals surface area contributed by atoms with Crippen molar-refractivity contribution in [1.82, 2.24) is 5.32 Å². The third-order valence-electron chi connectivity index (χ3n) is 3.35. The number of aliphatic hydroxyl groups excluding tert-OH is 1. The van der Waals surface area contributed by atoms with Crippen LogP contribution >= 0.6 is 11.6 Å². The smallest absolute Gasteiger partial charge is 0.238 e. The van der Waals surface area contributed by atoms with E-state index in [1.165, 1.54) is 0 Å². The maximum atomic E-state index is 11.7. The van der Waals surface area contributed by atoms with E-state index >= 15 is 0 Å². The normalized spacial score (nSPS) is 17.0. The van der Waals surface area contributed by atoms with Gasteiger partial charge in [0, 0.05) is 16.2 Å². The molecule has 0 saturated heterocycles. The van der Waals surface area contributed by atoms with E-state index in [1.807, 2.05) is 0 Å². The van der Waals surface area contributed by atoms with Crippen LogP contribution in [-0.2, 0) is 4.79 Å². The van der Waals surface area contributed by atoms with Crippen LogP contribution in [0, 0.1) is 0 Å². The van der Waals surface area contributed by atoms with Crippen molar-refractivity contribution in [3.63, 3.8) is 0 Å². The van der Waals surface area contributed by atoms with E-state index in [9.17, 15) is 9.90 Å². The molecular formula is C13H17ClN2O2. The van der Waals surface area contributed by atoms with E-state index in [1.54, 1.807) is 24.3 Å². The molecule has 0 heterocycles. The van der Waals surface area contributed by atoms with Gasteiger partial charge in [0.15, 0.2) is 0 Å². The monoisotopic (exact) mass is 268 g/mol. The topological polar surface area (TPSA) is 61.4 Å². The van der Waals surface area contributed by atoms with Gasteiger partial charge in [0.25, 0.3) is 0 Å². The van der Waals surface area contributed by atoms with Gasteiger partial charge in [0.1, 0.15) is 0 Å². The zero-order valence-corrected chi connectivity index (χ0v) is 10.8. The summed E-state index contributed by atoms with van der Waals surface area (Å²) >= 11 is 5.83. The molecule has 1 aromatic rings. The van der Waals surface area contributed by atoms with Crippen molar-refractivity contribution in [2.24, 2.45) is 0 Å². The van der Waals surface area contributed by atoms with Crippen LogP contribution in [-0.4, -0.2) is 29.7 Å². The zero-order chi connectivity index (χ0) is 13.0. The number of carbonyl (C=O) groups is 1. The minimum Gasteiger partial charge on any atom is -0.394 e. The Labute approximate surface area is 111 Å². The van der Waals surface area contributed by atoms with Crippen LogP contribution in [0.5, 0.6) is 0 Å². The molecule has 0 spiro atoms. The molecule has 1 aliphatic rings. The molecule has 3 N–H and O–H groups in total. The van der Waals surface area contributed by atoms with Crippen LogP contribution < -0.4 is 10.6 Å². The van der Waals surface area contributed by atoms with Crippen LogP contribution in [0.1, 0.15) is 19.3 Å². The number of nitrogens with one attached hydrogen (secondary N) is 2. The maximum Gasteiger partial charge on any atom is 0.238 e. The molecule has 5 heteroatoms. The average molecular weight is 269 g/mol. The van der Waals surface area contributed by atoms with Crippen molar-refractivity contribution in [2.75, 3.05) is 18.5 Å². The van der Waals surface area contributed by atoms with Gasteiger partial charge in [-0.15, -0.1) is 0 Å². The summed E-state index contributed by atoms with van der Waals surface area (Å²) in [6.07, 6.45) is 2.95. The summed E-state index contributed by atoms with van der Waals surface area (Å²) in [6, 6.07) is 7.02. The minimum absolute atomic E-state index is 0.0808. The van der Waals surface area contributed by atoms with E-state index in [2.05, 4.69) is 10.6 Å². The summed E-state index contributed by atoms with van der Waals surface area (Å²) in [4.78, 5) is 11.7. The Bertz CT molecular complexity index is 427. The molecule has 0 aliphatic heterocycles. The Hall–Kier alpha value is -1.10. The van der Waals surface area contributed by atoms with Crippen molar-refractivity contribution >= 4 is 23.2 Å². The molecule has 0 aromatic heterocycles. The highest BCUT2D eigenvalue weighted by molar-refractivity contribution is 6.30. The predicted octanol–water partition coefficient (Wildman–Crippen LogP) is 1.78. The lowest BCUT2D eigenvalue weighted by Gasteiger charge is -2.41. The van der Waals surface area contributed by atoms with Crippen molar-refractivity contribution in [1.29, 1.82) is 0 Å². The molecule has 18 heavy (non-hydrogen) atoms. The number of hydrogen-bond acceptors (Lipinski definition) is 3. The standard InChI is InChI=1S/C13H17ClN2O2/c14-10-3-1-4-11(7-10)16-12(18)8-15-13(9-17)5-2-6-13/h1,3-4,7,15,17H,2,5-6,8-9H2,(H,16,18). The predicted molar refractivity (Wildman–Crippen MR) is 71.8 cm³/mol. The Morgan fingerprint density at radius 3 is 2.78 bits per heavy atom. The first-order valence-electron chi connectivity index (χ1n) is 6.05. The number of benzene rings is 1. The summed E-state index contributed by atoms with van der Waals surface area (Å²) in [7, 11) is 0. The Kier molecular flexibility index (Phi) is 4.22. The lowest BCUT2D eigenvalue weighted by atomic mass is 9.77. The maximum absolute atomic E-state index is 11.7. The summed E-state index contributed by atoms with van der Waals surface area (Å²) < 4.78 is 0. The molecule has 4 nitrogen and oxygen atoms in total. The van der Waals surface area contributed by atoms with Gasteiger partial charge in [-0.2, -0.15) is 0 Å². The molecule has 1 amide bonds. The number of carbonyl (C=O) groups excluding carboxylic acids is 1. The van der Waals surface area contributed by atoms with Gasteiger partial charge in [-0.05, 0) is 37.5 Å². The van der Waals surface area contributed by atoms with Crippen molar-refractivity contribution in [2.45, 2.75) is 24.8 Å². The van der Waals surface area contributed by atoms with E-state index in [0.29, 0.717) is 10.7 Å². The second-order valence-corrected chi connectivity index (χ2v) is 5.14. The minimum atomic E-state index is -0.244. The number of aliphatic hydroxyl groups is 1. The van der Waals surface area contributed by atoms with E-state index < -0.39 is 0 Å². The van der Waals surface area contributed by atoms with Gasteiger partial charge < -0.3 is 15.7 Å². The third kappa shape index (κ3) is 3.22. The van der Waals surface area contributed by atoms with Crippen LogP contribution in [0.25, 0.3) is 0 Å². The first-order valence-corrected chi connectivity index (χ1v) is 6.43. The largest absolute Gasteiger partial charge is 0.394 e. The lowest BCUT2D eigenvalue weighted by Crippen LogP contribution is -2.55. The summed E-state index contributed by atoms with van der Waals surface area (Å²) in [5.74, 6) is -0.128. The fourth-order valence-corrected chi connectivity index (χ4v) is 2.22. The summed E-state index contributed by atoms with van der Waals surface area (Å²) in [5, 5.41) is 15.7. The molecule has 0 bridgehead atoms. The van der Waals surface area contributed by atoms with Crippen LogP contribution in [0.4, 0.5) is 5.69 Å². The number of halogens is 1. The quantitative estimate of drug-likeness (QED) is 0.763. The van der Waals surface area contributed by atoms with E-state index in [4.69, 9.17) is 11.6 Å². The number of hydrogen-bond donors (Lipinski definition) is 3. The fourth-order valence-electron chi connectivity index (χ4n) is 2.03. The van der Waals surface area contributed by atoms with Crippen LogP contribution in [0.15, 0.2) is 24.3 Å². The van der Waals surface area contributed by atoms with Crippen molar-refractivity contribution in [3.05, 3.63) is 29.3 Å². The Morgan fingerprint density at radius 2 is 2.22 bits per heavy atom. The van der Waals surface area contributed by atoms with Gasteiger partial charge in [0.2, 0.25) is 5.91 Å². The molecule has 1 saturated carbocycles. The van der Waals surface area contributed by atoms with Gasteiger partial charge in [-0.1, -0.05) is 17.7 Å². The number of amides is 1. The number of rotatable bonds is 5. The van der Waals surface area contributed by atoms with Gasteiger partial charge >= 0.3 is 0 Å². The van der Waals surface area contributed by atoms with Gasteiger partial charge in [0.05, 0.1) is 13.2 Å². The first kappa shape index (κ1) is 13.3. The van der Waals surface area contributed by atoms with E-state index in [-0.39, 0.29) is 24.6 Å². The second kappa shape index (κ2) is 5.69. The molecule has 0 radical (unpaired) electrons. The second-order valence-electron chi connectivity index (χ2n) is 4.70. The number of anilines is 1. The highest BCUT2D eigenvalue weighted by Gasteiger charge is 2.35. The zero-order valence-electron chi connectivity index (χ0n) is 10.1. The Balaban J connectivity index is 1.82. The molecule has 0 unspecified atom stereocenters. The average Bonchev–Trinajstić information content (AvgIpc) is 2.28. The van der Waals surface area contributed by atoms with Gasteiger partial charge in [-0.25, -0.2) is 0 Å². The first-order chi connectivity index (χ1) is 8.63. The fraction of sp³-hybridized carbons (Fsp3) is 0.462. The molecule has 1 aliphatic carbocycles. The third-order valence-corrected chi connectivity index (χ3v) is 3.58.